The summed E-state index contributed by atoms with van der Waals surface area (Å²) in [6.45, 7) is 10.3. The minimum atomic E-state index is -4.17. The van der Waals surface area contributed by atoms with Gasteiger partial charge in [0.05, 0.1) is 17.2 Å². The number of para-hydroxylation sites is 1. The van der Waals surface area contributed by atoms with Gasteiger partial charge in [-0.05, 0) is 68.7 Å². The molecule has 0 fully saturated rings. The number of allylic oxidation sites excluding steroid dienone is 3. The zero-order valence-corrected chi connectivity index (χ0v) is 31.1. The fourth-order valence-corrected chi connectivity index (χ4v) is 8.45. The fraction of sp³-hybridized carbons (Fsp3) is 0.231. The first kappa shape index (κ1) is 36.9. The van der Waals surface area contributed by atoms with Gasteiger partial charge in [0, 0.05) is 36.1 Å². The van der Waals surface area contributed by atoms with E-state index in [2.05, 4.69) is 144 Å². The molecule has 0 spiro atoms. The van der Waals surface area contributed by atoms with Gasteiger partial charge in [0.25, 0.3) is 10.6 Å². The van der Waals surface area contributed by atoms with E-state index >= 15 is 0 Å². The second kappa shape index (κ2) is 17.0. The number of hydrogen-bond acceptors (Lipinski definition) is 7. The van der Waals surface area contributed by atoms with Gasteiger partial charge < -0.3 is 4.90 Å². The molecule has 1 aliphatic rings. The molecule has 6 rings (SSSR count). The quantitative estimate of drug-likeness (QED) is 0.124. The van der Waals surface area contributed by atoms with Crippen LogP contribution in [0.2, 0.25) is 0 Å². The number of benzene rings is 3. The SMILES string of the molecule is CCCn1c(=O)/c(=C\C=C2/C=CN(CC)c3ccccc32)s/c1=C\c1sc(-c2ccccc2)c(-c2ccccc2)[n+]1CC.CCOS(=O)(=O)O. The molecule has 1 aliphatic heterocycles. The average molecular weight is 729 g/mol. The largest absolute Gasteiger partial charge is 0.397 e. The Hall–Kier alpha value is -4.39. The normalized spacial score (nSPS) is 14.2. The van der Waals surface area contributed by atoms with Gasteiger partial charge in [0.15, 0.2) is 0 Å². The van der Waals surface area contributed by atoms with E-state index in [1.807, 2.05) is 10.6 Å². The molecule has 1 N–H and O–H groups in total. The first-order valence-electron chi connectivity index (χ1n) is 16.7. The van der Waals surface area contributed by atoms with Crippen LogP contribution < -0.4 is 24.2 Å². The summed E-state index contributed by atoms with van der Waals surface area (Å²) >= 11 is 3.36. The maximum atomic E-state index is 13.7. The average Bonchev–Trinajstić information content (AvgIpc) is 3.64. The second-order valence-electron chi connectivity index (χ2n) is 11.2. The van der Waals surface area contributed by atoms with Crippen molar-refractivity contribution in [3.05, 3.63) is 133 Å². The fourth-order valence-electron chi connectivity index (χ4n) is 5.77. The van der Waals surface area contributed by atoms with Crippen LogP contribution in [0, 0.1) is 0 Å². The highest BCUT2D eigenvalue weighted by atomic mass is 32.3. The van der Waals surface area contributed by atoms with Crippen molar-refractivity contribution >= 4 is 56.5 Å². The van der Waals surface area contributed by atoms with Crippen molar-refractivity contribution in [1.29, 1.82) is 0 Å². The predicted octanol–water partition coefficient (Wildman–Crippen LogP) is 6.89. The van der Waals surface area contributed by atoms with Crippen LogP contribution in [0.25, 0.3) is 39.4 Å². The molecule has 3 heterocycles. The van der Waals surface area contributed by atoms with Crippen molar-refractivity contribution in [1.82, 2.24) is 4.57 Å². The zero-order chi connectivity index (χ0) is 35.7. The van der Waals surface area contributed by atoms with Crippen LogP contribution >= 0.6 is 22.7 Å². The maximum absolute atomic E-state index is 13.7. The first-order valence-corrected chi connectivity index (χ1v) is 19.7. The highest BCUT2D eigenvalue weighted by Gasteiger charge is 2.27. The van der Waals surface area contributed by atoms with E-state index in [4.69, 9.17) is 4.55 Å². The minimum Gasteiger partial charge on any atom is -0.348 e. The minimum absolute atomic E-state index is 0.0289. The summed E-state index contributed by atoms with van der Waals surface area (Å²) in [5, 5.41) is 1.14. The molecule has 260 valence electrons. The van der Waals surface area contributed by atoms with Gasteiger partial charge in [-0.1, -0.05) is 91.1 Å². The lowest BCUT2D eigenvalue weighted by molar-refractivity contribution is -0.679. The number of fused-ring (bicyclic) bond motifs is 1. The number of hydrogen-bond donors (Lipinski definition) is 1. The lowest BCUT2D eigenvalue weighted by Crippen LogP contribution is -2.37. The van der Waals surface area contributed by atoms with Crippen LogP contribution in [0.1, 0.15) is 44.7 Å². The molecule has 8 nitrogen and oxygen atoms in total. The third kappa shape index (κ3) is 8.66. The zero-order valence-electron chi connectivity index (χ0n) is 28.7. The van der Waals surface area contributed by atoms with Crippen molar-refractivity contribution < 1.29 is 21.7 Å². The molecule has 0 atom stereocenters. The Morgan fingerprint density at radius 3 is 2.12 bits per heavy atom. The van der Waals surface area contributed by atoms with Crippen LogP contribution in [-0.4, -0.2) is 30.7 Å². The van der Waals surface area contributed by atoms with Gasteiger partial charge in [-0.2, -0.15) is 13.0 Å². The topological polar surface area (TPSA) is 92.7 Å². The van der Waals surface area contributed by atoms with E-state index in [1.165, 1.54) is 39.9 Å². The highest BCUT2D eigenvalue weighted by Crippen LogP contribution is 2.36. The molecular weight excluding hydrogens is 687 g/mol. The summed E-state index contributed by atoms with van der Waals surface area (Å²) in [4.78, 5) is 17.2. The molecule has 0 amide bonds. The van der Waals surface area contributed by atoms with Crippen LogP contribution in [0.5, 0.6) is 0 Å². The van der Waals surface area contributed by atoms with Gasteiger partial charge in [-0.25, -0.2) is 4.18 Å². The van der Waals surface area contributed by atoms with E-state index in [0.717, 1.165) is 39.3 Å². The summed E-state index contributed by atoms with van der Waals surface area (Å²) in [5.74, 6) is 0. The van der Waals surface area contributed by atoms with Crippen LogP contribution in [-0.2, 0) is 27.7 Å². The molecule has 0 radical (unpaired) electrons. The summed E-state index contributed by atoms with van der Waals surface area (Å²) in [6, 6.07) is 29.7. The van der Waals surface area contributed by atoms with Crippen molar-refractivity contribution in [3.63, 3.8) is 0 Å². The summed E-state index contributed by atoms with van der Waals surface area (Å²) in [7, 11) is -4.17. The van der Waals surface area contributed by atoms with Crippen molar-refractivity contribution in [2.24, 2.45) is 0 Å². The Labute approximate surface area is 301 Å². The molecule has 0 aliphatic carbocycles. The number of rotatable bonds is 10. The Morgan fingerprint density at radius 2 is 1.52 bits per heavy atom. The van der Waals surface area contributed by atoms with Crippen LogP contribution in [0.3, 0.4) is 0 Å². The van der Waals surface area contributed by atoms with E-state index in [1.54, 1.807) is 22.7 Å². The molecule has 50 heavy (non-hydrogen) atoms. The monoisotopic (exact) mass is 728 g/mol. The Bertz CT molecular complexity index is 2270. The van der Waals surface area contributed by atoms with E-state index in [0.29, 0.717) is 6.54 Å². The summed E-state index contributed by atoms with van der Waals surface area (Å²) < 4.78 is 36.7. The highest BCUT2D eigenvalue weighted by molar-refractivity contribution is 7.80. The summed E-state index contributed by atoms with van der Waals surface area (Å²) in [6.07, 6.45) is 11.5. The molecule has 2 aromatic heterocycles. The van der Waals surface area contributed by atoms with E-state index < -0.39 is 10.4 Å². The molecule has 0 saturated carbocycles. The number of anilines is 1. The summed E-state index contributed by atoms with van der Waals surface area (Å²) in [5.41, 5.74) is 7.18. The van der Waals surface area contributed by atoms with Gasteiger partial charge in [-0.15, -0.1) is 11.3 Å². The third-order valence-electron chi connectivity index (χ3n) is 7.97. The molecule has 5 aromatic rings. The van der Waals surface area contributed by atoms with Gasteiger partial charge in [-0.3, -0.25) is 13.9 Å². The molecular formula is C39H42N3O5S3+. The second-order valence-corrected chi connectivity index (χ2v) is 14.4. The van der Waals surface area contributed by atoms with Crippen LogP contribution in [0.15, 0.2) is 108 Å². The van der Waals surface area contributed by atoms with Gasteiger partial charge in [0.1, 0.15) is 16.1 Å². The predicted molar refractivity (Wildman–Crippen MR) is 207 cm³/mol. The van der Waals surface area contributed by atoms with Gasteiger partial charge in [0.2, 0.25) is 5.69 Å². The maximum Gasteiger partial charge on any atom is 0.397 e. The lowest BCUT2D eigenvalue weighted by Gasteiger charge is -2.26. The number of thiazole rings is 2. The standard InChI is InChI=1S/C37H36N3OS2.C2H6O4S/c1-4-24-40-34(42-32(37(40)41)22-21-27-23-25-38(5-2)31-20-14-13-19-30(27)31)26-33-39(6-3)35(28-15-9-7-10-16-28)36(43-33)29-17-11-8-12-18-29;1-2-6-7(3,4)5/h7-23,25-26H,4-6,24H2,1-3H3;2H2,1H3,(H,3,4,5)/q+1;/b27-21+,32-22+;. The molecule has 11 heteroatoms. The third-order valence-corrected chi connectivity index (χ3v) is 10.8. The Balaban J connectivity index is 0.000000630. The number of aromatic nitrogens is 2. The molecule has 3 aromatic carbocycles. The Kier molecular flexibility index (Phi) is 12.6. The molecule has 0 bridgehead atoms. The van der Waals surface area contributed by atoms with Crippen LogP contribution in [0.4, 0.5) is 5.69 Å². The first-order chi connectivity index (χ1) is 24.2. The van der Waals surface area contributed by atoms with E-state index in [-0.39, 0.29) is 12.2 Å². The molecule has 0 saturated heterocycles. The molecule has 0 unspecified atom stereocenters. The van der Waals surface area contributed by atoms with Crippen molar-refractivity contribution in [3.8, 4) is 21.7 Å². The van der Waals surface area contributed by atoms with Crippen molar-refractivity contribution in [2.45, 2.75) is 47.2 Å². The smallest absolute Gasteiger partial charge is 0.348 e. The van der Waals surface area contributed by atoms with Gasteiger partial charge >= 0.3 is 10.4 Å². The van der Waals surface area contributed by atoms with Crippen molar-refractivity contribution in [2.75, 3.05) is 18.1 Å². The number of nitrogens with zero attached hydrogens (tertiary/aromatic N) is 3. The Morgan fingerprint density at radius 1 is 0.860 bits per heavy atom. The van der Waals surface area contributed by atoms with E-state index in [9.17, 15) is 13.2 Å². The lowest BCUT2D eigenvalue weighted by atomic mass is 9.99.